The van der Waals surface area contributed by atoms with Crippen molar-refractivity contribution in [2.45, 2.75) is 0 Å². The van der Waals surface area contributed by atoms with Crippen molar-refractivity contribution in [2.24, 2.45) is 0 Å². The first kappa shape index (κ1) is 11.9. The lowest BCUT2D eigenvalue weighted by Gasteiger charge is -1.95. The topological polar surface area (TPSA) is 78.3 Å². The number of nitrogens with zero attached hydrogens (tertiary/aromatic N) is 3. The molecule has 0 radical (unpaired) electrons. The Kier molecular flexibility index (Phi) is 3.38. The highest BCUT2D eigenvalue weighted by molar-refractivity contribution is 6.04. The van der Waals surface area contributed by atoms with Crippen LogP contribution in [0.2, 0.25) is 0 Å². The van der Waals surface area contributed by atoms with E-state index in [-0.39, 0.29) is 23.7 Å². The molecule has 0 bridgehead atoms. The van der Waals surface area contributed by atoms with Crippen LogP contribution in [0.15, 0.2) is 30.5 Å². The Morgan fingerprint density at radius 1 is 1.38 bits per heavy atom. The molecule has 0 amide bonds. The van der Waals surface area contributed by atoms with E-state index in [1.54, 1.807) is 24.4 Å². The summed E-state index contributed by atoms with van der Waals surface area (Å²) in [6.07, 6.45) is 1.59. The minimum Gasteiger partial charge on any atom is -1.00 e. The van der Waals surface area contributed by atoms with Gasteiger partial charge in [0, 0.05) is 6.20 Å². The lowest BCUT2D eigenvalue weighted by molar-refractivity contribution is -0.0000189. The van der Waals surface area contributed by atoms with Gasteiger partial charge in [-0.05, 0) is 24.3 Å². The van der Waals surface area contributed by atoms with Crippen molar-refractivity contribution in [3.05, 3.63) is 41.0 Å². The number of fused-ring (bicyclic) bond motifs is 1. The average molecular weight is 236 g/mol. The molecule has 1 aromatic heterocycles. The number of benzene rings is 1. The van der Waals surface area contributed by atoms with Crippen LogP contribution in [0.3, 0.4) is 0 Å². The standard InChI is InChI=1S/C10H5N3O2.ClH/c11-13-9-6-2-1-5-12-8(6)4-3-7(9)10(14)15;/h1-5H;1H. The maximum absolute atomic E-state index is 10.8. The molecule has 6 heteroatoms. The zero-order valence-corrected chi connectivity index (χ0v) is 8.72. The third kappa shape index (κ3) is 1.78. The van der Waals surface area contributed by atoms with Crippen molar-refractivity contribution in [1.82, 2.24) is 4.98 Å². The fourth-order valence-corrected chi connectivity index (χ4v) is 1.42. The highest BCUT2D eigenvalue weighted by Crippen LogP contribution is 2.28. The number of hydrogen-bond donors (Lipinski definition) is 1. The first-order valence-corrected chi connectivity index (χ1v) is 4.20. The van der Waals surface area contributed by atoms with E-state index in [9.17, 15) is 4.79 Å². The molecular weight excluding hydrogens is 230 g/mol. The minimum atomic E-state index is -1.13. The van der Waals surface area contributed by atoms with Gasteiger partial charge in [0.2, 0.25) is 5.39 Å². The van der Waals surface area contributed by atoms with Crippen LogP contribution in [-0.2, 0) is 0 Å². The maximum atomic E-state index is 10.8. The van der Waals surface area contributed by atoms with Gasteiger partial charge in [0.1, 0.15) is 0 Å². The molecule has 1 N–H and O–H groups in total. The molecule has 1 aromatic carbocycles. The zero-order valence-electron chi connectivity index (χ0n) is 7.96. The number of aromatic nitrogens is 1. The molecule has 0 aliphatic carbocycles. The van der Waals surface area contributed by atoms with Gasteiger partial charge in [-0.3, -0.25) is 4.98 Å². The maximum Gasteiger partial charge on any atom is 0.408 e. The van der Waals surface area contributed by atoms with Gasteiger partial charge in [-0.25, -0.2) is 4.79 Å². The summed E-state index contributed by atoms with van der Waals surface area (Å²) in [5, 5.41) is 18.2. The van der Waals surface area contributed by atoms with Crippen molar-refractivity contribution in [3.63, 3.8) is 0 Å². The second-order valence-corrected chi connectivity index (χ2v) is 2.94. The largest absolute Gasteiger partial charge is 1.00 e. The Labute approximate surface area is 96.8 Å². The monoisotopic (exact) mass is 235 g/mol. The summed E-state index contributed by atoms with van der Waals surface area (Å²) in [6.45, 7) is 0. The summed E-state index contributed by atoms with van der Waals surface area (Å²) in [6, 6.07) is 6.26. The molecule has 5 nitrogen and oxygen atoms in total. The van der Waals surface area contributed by atoms with Crippen LogP contribution >= 0.6 is 0 Å². The lowest BCUT2D eigenvalue weighted by Crippen LogP contribution is -3.00. The Bertz CT molecular complexity index is 592. The van der Waals surface area contributed by atoms with Crippen LogP contribution < -0.4 is 12.4 Å². The molecular formula is C10H6ClN3O2. The quantitative estimate of drug-likeness (QED) is 0.671. The third-order valence-electron chi connectivity index (χ3n) is 2.09. The van der Waals surface area contributed by atoms with E-state index in [1.807, 2.05) is 0 Å². The van der Waals surface area contributed by atoms with Crippen molar-refractivity contribution in [3.8, 4) is 0 Å². The highest BCUT2D eigenvalue weighted by Gasteiger charge is 2.23. The van der Waals surface area contributed by atoms with E-state index in [1.165, 1.54) is 6.07 Å². The van der Waals surface area contributed by atoms with Crippen molar-refractivity contribution >= 4 is 22.6 Å². The van der Waals surface area contributed by atoms with Crippen LogP contribution in [0.1, 0.15) is 10.4 Å². The van der Waals surface area contributed by atoms with Crippen molar-refractivity contribution < 1.29 is 22.3 Å². The van der Waals surface area contributed by atoms with Gasteiger partial charge in [-0.2, -0.15) is 0 Å². The van der Waals surface area contributed by atoms with E-state index < -0.39 is 5.97 Å². The lowest BCUT2D eigenvalue weighted by atomic mass is 10.1. The smallest absolute Gasteiger partial charge is 0.408 e. The molecule has 0 aliphatic rings. The highest BCUT2D eigenvalue weighted by atomic mass is 35.5. The van der Waals surface area contributed by atoms with Gasteiger partial charge >= 0.3 is 11.7 Å². The predicted octanol–water partition coefficient (Wildman–Crippen LogP) is -0.578. The summed E-state index contributed by atoms with van der Waals surface area (Å²) >= 11 is 0. The van der Waals surface area contributed by atoms with Crippen LogP contribution in [0.25, 0.3) is 15.9 Å². The first-order valence-electron chi connectivity index (χ1n) is 4.20. The van der Waals surface area contributed by atoms with Gasteiger partial charge in [-0.15, -0.1) is 0 Å². The van der Waals surface area contributed by atoms with E-state index in [2.05, 4.69) is 9.96 Å². The summed E-state index contributed by atoms with van der Waals surface area (Å²) < 4.78 is 0. The number of halogens is 1. The van der Waals surface area contributed by atoms with Gasteiger partial charge in [0.25, 0.3) is 0 Å². The van der Waals surface area contributed by atoms with Crippen LogP contribution in [0.4, 0.5) is 5.69 Å². The zero-order chi connectivity index (χ0) is 10.8. The number of carboxylic acid groups (broad SMARTS) is 1. The SMILES string of the molecule is N#[N+]c1c(C(=O)O)ccc2ncccc12.[Cl-]. The first-order chi connectivity index (χ1) is 7.24. The molecule has 1 heterocycles. The predicted molar refractivity (Wildman–Crippen MR) is 53.4 cm³/mol. The number of carboxylic acids is 1. The molecule has 0 fully saturated rings. The number of pyridine rings is 1. The van der Waals surface area contributed by atoms with Gasteiger partial charge in [0.15, 0.2) is 10.5 Å². The Morgan fingerprint density at radius 2 is 2.12 bits per heavy atom. The molecule has 2 aromatic rings. The number of diazo groups is 1. The van der Waals surface area contributed by atoms with Crippen molar-refractivity contribution in [1.29, 1.82) is 5.39 Å². The van der Waals surface area contributed by atoms with Crippen LogP contribution in [-0.4, -0.2) is 16.1 Å². The summed E-state index contributed by atoms with van der Waals surface area (Å²) in [5.41, 5.74) is 0.585. The summed E-state index contributed by atoms with van der Waals surface area (Å²) in [7, 11) is 0. The second kappa shape index (κ2) is 4.55. The summed E-state index contributed by atoms with van der Waals surface area (Å²) in [4.78, 5) is 17.9. The number of carbonyl (C=O) groups is 1. The van der Waals surface area contributed by atoms with Gasteiger partial charge in [-0.1, -0.05) is 0 Å². The Hall–Kier alpha value is -2.19. The number of rotatable bonds is 1. The molecule has 0 atom stereocenters. The van der Waals surface area contributed by atoms with E-state index in [0.717, 1.165) is 0 Å². The van der Waals surface area contributed by atoms with Crippen LogP contribution in [0.5, 0.6) is 0 Å². The molecule has 80 valence electrons. The molecule has 0 aliphatic heterocycles. The number of aromatic carboxylic acids is 1. The fourth-order valence-electron chi connectivity index (χ4n) is 1.42. The third-order valence-corrected chi connectivity index (χ3v) is 2.09. The van der Waals surface area contributed by atoms with E-state index in [4.69, 9.17) is 10.5 Å². The Balaban J connectivity index is 0.00000128. The van der Waals surface area contributed by atoms with Crippen LogP contribution in [0, 0.1) is 5.39 Å². The number of hydrogen-bond acceptors (Lipinski definition) is 3. The summed E-state index contributed by atoms with van der Waals surface area (Å²) in [5.74, 6) is -1.13. The van der Waals surface area contributed by atoms with E-state index >= 15 is 0 Å². The average Bonchev–Trinajstić information content (AvgIpc) is 2.27. The van der Waals surface area contributed by atoms with Crippen molar-refractivity contribution in [2.75, 3.05) is 0 Å². The fraction of sp³-hybridized carbons (Fsp3) is 0. The molecule has 16 heavy (non-hydrogen) atoms. The van der Waals surface area contributed by atoms with Gasteiger partial charge in [0.05, 0.1) is 10.9 Å². The molecule has 0 unspecified atom stereocenters. The second-order valence-electron chi connectivity index (χ2n) is 2.94. The molecule has 0 saturated heterocycles. The van der Waals surface area contributed by atoms with Gasteiger partial charge < -0.3 is 17.5 Å². The molecule has 0 saturated carbocycles. The van der Waals surface area contributed by atoms with E-state index in [0.29, 0.717) is 10.9 Å². The molecule has 0 spiro atoms. The molecule has 2 rings (SSSR count). The normalized spacial score (nSPS) is 9.19. The minimum absolute atomic E-state index is 0. The Morgan fingerprint density at radius 3 is 2.75 bits per heavy atom.